The summed E-state index contributed by atoms with van der Waals surface area (Å²) in [6, 6.07) is 14.3. The molecule has 2 atom stereocenters. The zero-order chi connectivity index (χ0) is 28.2. The van der Waals surface area contributed by atoms with Gasteiger partial charge in [-0.15, -0.1) is 0 Å². The van der Waals surface area contributed by atoms with Crippen molar-refractivity contribution in [2.75, 3.05) is 19.7 Å². The van der Waals surface area contributed by atoms with Crippen molar-refractivity contribution < 1.29 is 33.8 Å². The van der Waals surface area contributed by atoms with Crippen LogP contribution in [0.2, 0.25) is 0 Å². The average Bonchev–Trinajstić information content (AvgIpc) is 3.47. The number of carbonyl (C=O) groups is 4. The van der Waals surface area contributed by atoms with Crippen LogP contribution in [0.15, 0.2) is 48.5 Å². The van der Waals surface area contributed by atoms with E-state index in [0.29, 0.717) is 19.5 Å². The molecule has 1 aliphatic carbocycles. The molecule has 208 valence electrons. The molecule has 3 amide bonds. The summed E-state index contributed by atoms with van der Waals surface area (Å²) < 4.78 is 10.8. The fourth-order valence-electron chi connectivity index (χ4n) is 4.99. The predicted molar refractivity (Wildman–Crippen MR) is 143 cm³/mol. The van der Waals surface area contributed by atoms with Crippen molar-refractivity contribution in [2.45, 2.75) is 63.6 Å². The van der Waals surface area contributed by atoms with E-state index in [9.17, 15) is 24.3 Å². The van der Waals surface area contributed by atoms with Gasteiger partial charge < -0.3 is 30.1 Å². The summed E-state index contributed by atoms with van der Waals surface area (Å²) in [5.74, 6) is -1.76. The van der Waals surface area contributed by atoms with Crippen LogP contribution >= 0.6 is 0 Å². The Morgan fingerprint density at radius 1 is 1.03 bits per heavy atom. The fourth-order valence-corrected chi connectivity index (χ4v) is 4.99. The molecule has 1 aliphatic heterocycles. The van der Waals surface area contributed by atoms with Crippen LogP contribution in [0.1, 0.15) is 57.1 Å². The SMILES string of the molecule is CC(C)(C)OC(=O)N1CC[C@H](NC(=O)CCC(NC(=O)OCC2c3ccccc3-c3ccccc32)C(=O)O)C1. The second kappa shape index (κ2) is 11.8. The Bertz CT molecular complexity index is 1190. The lowest BCUT2D eigenvalue weighted by atomic mass is 9.98. The number of likely N-dealkylation sites (tertiary alicyclic amines) is 1. The van der Waals surface area contributed by atoms with Crippen molar-refractivity contribution in [3.05, 3.63) is 59.7 Å². The van der Waals surface area contributed by atoms with Crippen LogP contribution in [0.5, 0.6) is 0 Å². The monoisotopic (exact) mass is 537 g/mol. The van der Waals surface area contributed by atoms with Gasteiger partial charge in [0.1, 0.15) is 18.2 Å². The maximum absolute atomic E-state index is 12.5. The van der Waals surface area contributed by atoms with E-state index in [0.717, 1.165) is 22.3 Å². The maximum Gasteiger partial charge on any atom is 0.410 e. The van der Waals surface area contributed by atoms with Crippen molar-refractivity contribution >= 4 is 24.1 Å². The Morgan fingerprint density at radius 2 is 1.64 bits per heavy atom. The van der Waals surface area contributed by atoms with Gasteiger partial charge >= 0.3 is 18.2 Å². The third-order valence-corrected chi connectivity index (χ3v) is 6.80. The Kier molecular flexibility index (Phi) is 8.42. The number of amides is 3. The van der Waals surface area contributed by atoms with E-state index in [1.165, 1.54) is 4.90 Å². The van der Waals surface area contributed by atoms with Crippen LogP contribution in [-0.2, 0) is 19.1 Å². The molecular formula is C29H35N3O7. The van der Waals surface area contributed by atoms with Crippen molar-refractivity contribution in [3.63, 3.8) is 0 Å². The number of alkyl carbamates (subject to hydrolysis) is 1. The standard InChI is InChI=1S/C29H35N3O7/c1-29(2,3)39-28(37)32-15-14-18(16-32)30-25(33)13-12-24(26(34)35)31-27(36)38-17-23-21-10-6-4-8-19(21)20-9-5-7-11-22(20)23/h4-11,18,23-24H,12-17H2,1-3H3,(H,30,33)(H,31,36)(H,34,35)/t18-,24?/m0/s1. The molecule has 39 heavy (non-hydrogen) atoms. The molecule has 0 saturated carbocycles. The van der Waals surface area contributed by atoms with Gasteiger partial charge in [0, 0.05) is 31.5 Å². The van der Waals surface area contributed by atoms with Gasteiger partial charge in [-0.2, -0.15) is 0 Å². The number of hydrogen-bond acceptors (Lipinski definition) is 6. The van der Waals surface area contributed by atoms with E-state index in [-0.39, 0.29) is 37.3 Å². The average molecular weight is 538 g/mol. The van der Waals surface area contributed by atoms with E-state index in [4.69, 9.17) is 9.47 Å². The number of nitrogens with one attached hydrogen (secondary N) is 2. The molecule has 2 aromatic rings. The van der Waals surface area contributed by atoms with E-state index in [1.807, 2.05) is 48.5 Å². The van der Waals surface area contributed by atoms with Gasteiger partial charge in [-0.05, 0) is 55.9 Å². The Balaban J connectivity index is 1.24. The van der Waals surface area contributed by atoms with Crippen molar-refractivity contribution in [2.24, 2.45) is 0 Å². The summed E-state index contributed by atoms with van der Waals surface area (Å²) >= 11 is 0. The lowest BCUT2D eigenvalue weighted by Gasteiger charge is -2.24. The molecule has 1 unspecified atom stereocenters. The molecule has 0 bridgehead atoms. The minimum atomic E-state index is -1.28. The van der Waals surface area contributed by atoms with Crippen LogP contribution in [0, 0.1) is 0 Å². The van der Waals surface area contributed by atoms with Gasteiger partial charge in [0.05, 0.1) is 0 Å². The second-order valence-corrected chi connectivity index (χ2v) is 10.9. The predicted octanol–water partition coefficient (Wildman–Crippen LogP) is 3.88. The van der Waals surface area contributed by atoms with Gasteiger partial charge in [-0.1, -0.05) is 48.5 Å². The van der Waals surface area contributed by atoms with Crippen LogP contribution < -0.4 is 10.6 Å². The highest BCUT2D eigenvalue weighted by molar-refractivity contribution is 5.82. The second-order valence-electron chi connectivity index (χ2n) is 10.9. The highest BCUT2D eigenvalue weighted by atomic mass is 16.6. The first-order chi connectivity index (χ1) is 18.5. The smallest absolute Gasteiger partial charge is 0.410 e. The van der Waals surface area contributed by atoms with Crippen LogP contribution in [-0.4, -0.2) is 71.5 Å². The van der Waals surface area contributed by atoms with E-state index in [2.05, 4.69) is 10.6 Å². The number of hydrogen-bond donors (Lipinski definition) is 3. The quantitative estimate of drug-likeness (QED) is 0.465. The molecule has 0 aromatic heterocycles. The van der Waals surface area contributed by atoms with Gasteiger partial charge in [0.2, 0.25) is 5.91 Å². The maximum atomic E-state index is 12.5. The molecule has 2 aromatic carbocycles. The van der Waals surface area contributed by atoms with Crippen molar-refractivity contribution in [3.8, 4) is 11.1 Å². The number of aliphatic carboxylic acids is 1. The molecule has 3 N–H and O–H groups in total. The Hall–Kier alpha value is -4.08. The summed E-state index contributed by atoms with van der Waals surface area (Å²) in [7, 11) is 0. The third kappa shape index (κ3) is 7.07. The Labute approximate surface area is 227 Å². The highest BCUT2D eigenvalue weighted by Gasteiger charge is 2.32. The van der Waals surface area contributed by atoms with Gasteiger partial charge in [-0.25, -0.2) is 14.4 Å². The lowest BCUT2D eigenvalue weighted by Crippen LogP contribution is -2.43. The van der Waals surface area contributed by atoms with E-state index >= 15 is 0 Å². The first-order valence-corrected chi connectivity index (χ1v) is 13.1. The van der Waals surface area contributed by atoms with Crippen LogP contribution in [0.4, 0.5) is 9.59 Å². The molecular weight excluding hydrogens is 502 g/mol. The van der Waals surface area contributed by atoms with Gasteiger partial charge in [0.15, 0.2) is 0 Å². The minimum Gasteiger partial charge on any atom is -0.480 e. The molecule has 1 saturated heterocycles. The largest absolute Gasteiger partial charge is 0.480 e. The third-order valence-electron chi connectivity index (χ3n) is 6.80. The molecule has 1 heterocycles. The van der Waals surface area contributed by atoms with Crippen LogP contribution in [0.3, 0.4) is 0 Å². The molecule has 4 rings (SSSR count). The minimum absolute atomic E-state index is 0.0580. The summed E-state index contributed by atoms with van der Waals surface area (Å²) in [6.07, 6.45) is -0.922. The summed E-state index contributed by atoms with van der Waals surface area (Å²) in [5.41, 5.74) is 3.68. The van der Waals surface area contributed by atoms with E-state index in [1.54, 1.807) is 20.8 Å². The number of rotatable bonds is 8. The number of benzene rings is 2. The first kappa shape index (κ1) is 27.9. The molecule has 2 aliphatic rings. The van der Waals surface area contributed by atoms with Crippen LogP contribution in [0.25, 0.3) is 11.1 Å². The zero-order valence-corrected chi connectivity index (χ0v) is 22.4. The number of carboxylic acids is 1. The summed E-state index contributed by atoms with van der Waals surface area (Å²) in [5, 5.41) is 14.8. The number of nitrogens with zero attached hydrogens (tertiary/aromatic N) is 1. The molecule has 0 spiro atoms. The first-order valence-electron chi connectivity index (χ1n) is 13.1. The summed E-state index contributed by atoms with van der Waals surface area (Å²) in [4.78, 5) is 50.5. The molecule has 10 heteroatoms. The highest BCUT2D eigenvalue weighted by Crippen LogP contribution is 2.44. The lowest BCUT2D eigenvalue weighted by molar-refractivity contribution is -0.139. The van der Waals surface area contributed by atoms with Gasteiger partial charge in [-0.3, -0.25) is 4.79 Å². The number of carboxylic acid groups (broad SMARTS) is 1. The number of carbonyl (C=O) groups excluding carboxylic acids is 3. The Morgan fingerprint density at radius 3 is 2.23 bits per heavy atom. The zero-order valence-electron chi connectivity index (χ0n) is 22.4. The number of ether oxygens (including phenoxy) is 2. The van der Waals surface area contributed by atoms with Crippen molar-refractivity contribution in [1.29, 1.82) is 0 Å². The van der Waals surface area contributed by atoms with Crippen molar-refractivity contribution in [1.82, 2.24) is 15.5 Å². The van der Waals surface area contributed by atoms with Gasteiger partial charge in [0.25, 0.3) is 0 Å². The topological polar surface area (TPSA) is 134 Å². The van der Waals surface area contributed by atoms with E-state index < -0.39 is 29.8 Å². The fraction of sp³-hybridized carbons (Fsp3) is 0.448. The molecule has 1 fully saturated rings. The molecule has 10 nitrogen and oxygen atoms in total. The molecule has 0 radical (unpaired) electrons. The normalized spacial score (nSPS) is 17.1. The summed E-state index contributed by atoms with van der Waals surface area (Å²) in [6.45, 7) is 6.20. The number of fused-ring (bicyclic) bond motifs is 3.